The van der Waals surface area contributed by atoms with Crippen molar-refractivity contribution in [2.24, 2.45) is 0 Å². The van der Waals surface area contributed by atoms with Gasteiger partial charge in [0.05, 0.1) is 37.6 Å². The fourth-order valence-corrected chi connectivity index (χ4v) is 3.01. The average molecular weight is 381 g/mol. The number of H-pyrrole nitrogens is 1. The highest BCUT2D eigenvalue weighted by Crippen LogP contribution is 2.19. The van der Waals surface area contributed by atoms with E-state index in [1.807, 2.05) is 30.3 Å². The molecule has 0 spiro atoms. The van der Waals surface area contributed by atoms with Crippen LogP contribution in [-0.2, 0) is 22.5 Å². The number of hydrogen-bond donors (Lipinski definition) is 1. The van der Waals surface area contributed by atoms with Crippen molar-refractivity contribution in [3.8, 4) is 5.75 Å². The average Bonchev–Trinajstić information content (AvgIpc) is 2.71. The Hall–Kier alpha value is -3.19. The van der Waals surface area contributed by atoms with Crippen molar-refractivity contribution < 1.29 is 14.3 Å². The number of fused-ring (bicyclic) bond motifs is 1. The summed E-state index contributed by atoms with van der Waals surface area (Å²) in [6.07, 6.45) is 0.186. The predicted octanol–water partition coefficient (Wildman–Crippen LogP) is 2.15. The molecule has 0 unspecified atom stereocenters. The van der Waals surface area contributed by atoms with Crippen LogP contribution >= 0.6 is 0 Å². The van der Waals surface area contributed by atoms with E-state index in [0.717, 1.165) is 5.56 Å². The third-order valence-corrected chi connectivity index (χ3v) is 4.45. The largest absolute Gasteiger partial charge is 0.496 e. The third-order valence-electron chi connectivity index (χ3n) is 4.45. The predicted molar refractivity (Wildman–Crippen MR) is 106 cm³/mol. The molecule has 7 nitrogen and oxygen atoms in total. The van der Waals surface area contributed by atoms with E-state index in [9.17, 15) is 9.59 Å². The summed E-state index contributed by atoms with van der Waals surface area (Å²) in [5.74, 6) is 1.00. The number of nitrogens with zero attached hydrogens (tertiary/aromatic N) is 2. The second-order valence-electron chi connectivity index (χ2n) is 6.33. The van der Waals surface area contributed by atoms with Crippen molar-refractivity contribution in [1.29, 1.82) is 0 Å². The van der Waals surface area contributed by atoms with Crippen LogP contribution < -0.4 is 10.3 Å². The van der Waals surface area contributed by atoms with Crippen LogP contribution in [0.3, 0.4) is 0 Å². The van der Waals surface area contributed by atoms with Crippen molar-refractivity contribution in [3.05, 3.63) is 70.3 Å². The van der Waals surface area contributed by atoms with E-state index < -0.39 is 0 Å². The Balaban J connectivity index is 1.83. The Morgan fingerprint density at radius 2 is 1.86 bits per heavy atom. The summed E-state index contributed by atoms with van der Waals surface area (Å²) >= 11 is 0. The van der Waals surface area contributed by atoms with Crippen LogP contribution in [0, 0.1) is 0 Å². The van der Waals surface area contributed by atoms with E-state index in [1.54, 1.807) is 37.3 Å². The molecule has 1 heterocycles. The van der Waals surface area contributed by atoms with Gasteiger partial charge in [-0.2, -0.15) is 0 Å². The zero-order chi connectivity index (χ0) is 19.9. The van der Waals surface area contributed by atoms with Crippen LogP contribution in [0.2, 0.25) is 0 Å². The first-order chi connectivity index (χ1) is 13.6. The molecule has 7 heteroatoms. The number of hydrogen-bond acceptors (Lipinski definition) is 5. The van der Waals surface area contributed by atoms with Crippen molar-refractivity contribution in [3.63, 3.8) is 0 Å². The molecule has 1 amide bonds. The number of benzene rings is 2. The van der Waals surface area contributed by atoms with Crippen molar-refractivity contribution in [2.75, 3.05) is 27.4 Å². The number of ether oxygens (including phenoxy) is 2. The first kappa shape index (κ1) is 19.6. The molecule has 0 aliphatic rings. The van der Waals surface area contributed by atoms with Gasteiger partial charge in [0.1, 0.15) is 11.6 Å². The van der Waals surface area contributed by atoms with Gasteiger partial charge >= 0.3 is 0 Å². The number of rotatable bonds is 8. The number of methoxy groups -OCH3 is 2. The summed E-state index contributed by atoms with van der Waals surface area (Å²) in [6.45, 7) is 0.966. The summed E-state index contributed by atoms with van der Waals surface area (Å²) in [5, 5.41) is 0.523. The zero-order valence-corrected chi connectivity index (χ0v) is 16.0. The number of amides is 1. The molecule has 1 aromatic heterocycles. The van der Waals surface area contributed by atoms with Gasteiger partial charge in [-0.05, 0) is 18.2 Å². The maximum atomic E-state index is 12.9. The number of aromatic nitrogens is 2. The molecule has 0 bridgehead atoms. The lowest BCUT2D eigenvalue weighted by atomic mass is 10.1. The van der Waals surface area contributed by atoms with Gasteiger partial charge in [0.15, 0.2) is 0 Å². The summed E-state index contributed by atoms with van der Waals surface area (Å²) in [7, 11) is 3.16. The fraction of sp³-hybridized carbons (Fsp3) is 0.286. The van der Waals surface area contributed by atoms with E-state index in [-0.39, 0.29) is 24.4 Å². The van der Waals surface area contributed by atoms with E-state index in [2.05, 4.69) is 9.97 Å². The second kappa shape index (κ2) is 9.14. The molecule has 0 saturated heterocycles. The number of carbonyl (C=O) groups excluding carboxylic acids is 1. The van der Waals surface area contributed by atoms with Crippen molar-refractivity contribution in [1.82, 2.24) is 14.9 Å². The number of carbonyl (C=O) groups is 1. The van der Waals surface area contributed by atoms with Gasteiger partial charge in [0.2, 0.25) is 5.91 Å². The lowest BCUT2D eigenvalue weighted by Gasteiger charge is -2.22. The highest BCUT2D eigenvalue weighted by molar-refractivity contribution is 5.80. The first-order valence-electron chi connectivity index (χ1n) is 8.99. The first-order valence-corrected chi connectivity index (χ1v) is 8.99. The Morgan fingerprint density at radius 3 is 2.64 bits per heavy atom. The summed E-state index contributed by atoms with van der Waals surface area (Å²) in [6, 6.07) is 14.5. The molecular formula is C21H23N3O4. The van der Waals surface area contributed by atoms with Crippen LogP contribution in [0.4, 0.5) is 0 Å². The SMILES string of the molecule is COCCN(Cc1nc2ccccc2c(=O)[nH]1)C(=O)Cc1ccccc1OC. The van der Waals surface area contributed by atoms with E-state index >= 15 is 0 Å². The molecule has 3 aromatic rings. The van der Waals surface area contributed by atoms with Crippen LogP contribution in [0.1, 0.15) is 11.4 Å². The minimum atomic E-state index is -0.218. The Morgan fingerprint density at radius 1 is 1.11 bits per heavy atom. The molecule has 146 valence electrons. The molecule has 1 N–H and O–H groups in total. The molecule has 2 aromatic carbocycles. The molecule has 28 heavy (non-hydrogen) atoms. The van der Waals surface area contributed by atoms with Crippen LogP contribution in [0.5, 0.6) is 5.75 Å². The topological polar surface area (TPSA) is 84.5 Å². The van der Waals surface area contributed by atoms with Gasteiger partial charge in [-0.3, -0.25) is 9.59 Å². The van der Waals surface area contributed by atoms with Crippen molar-refractivity contribution >= 4 is 16.8 Å². The van der Waals surface area contributed by atoms with E-state index in [4.69, 9.17) is 9.47 Å². The number of aromatic amines is 1. The molecule has 0 radical (unpaired) electrons. The van der Waals surface area contributed by atoms with Crippen molar-refractivity contribution in [2.45, 2.75) is 13.0 Å². The summed E-state index contributed by atoms with van der Waals surface area (Å²) in [4.78, 5) is 34.1. The summed E-state index contributed by atoms with van der Waals surface area (Å²) < 4.78 is 10.5. The highest BCUT2D eigenvalue weighted by Gasteiger charge is 2.18. The van der Waals surface area contributed by atoms with Gasteiger partial charge < -0.3 is 19.4 Å². The Labute approximate surface area is 162 Å². The molecule has 0 saturated carbocycles. The maximum absolute atomic E-state index is 12.9. The lowest BCUT2D eigenvalue weighted by Crippen LogP contribution is -2.35. The zero-order valence-electron chi connectivity index (χ0n) is 16.0. The minimum absolute atomic E-state index is 0.0997. The normalized spacial score (nSPS) is 10.8. The lowest BCUT2D eigenvalue weighted by molar-refractivity contribution is -0.131. The van der Waals surface area contributed by atoms with Crippen LogP contribution in [0.15, 0.2) is 53.3 Å². The van der Waals surface area contributed by atoms with Gasteiger partial charge in [-0.1, -0.05) is 30.3 Å². The second-order valence-corrected chi connectivity index (χ2v) is 6.33. The molecule has 0 atom stereocenters. The molecule has 0 aliphatic heterocycles. The molecule has 0 aliphatic carbocycles. The van der Waals surface area contributed by atoms with Gasteiger partial charge in [-0.25, -0.2) is 4.98 Å². The van der Waals surface area contributed by atoms with E-state index in [0.29, 0.717) is 35.6 Å². The number of para-hydroxylation sites is 2. The Bertz CT molecular complexity index is 1020. The number of nitrogens with one attached hydrogen (secondary N) is 1. The minimum Gasteiger partial charge on any atom is -0.496 e. The van der Waals surface area contributed by atoms with Gasteiger partial charge in [0.25, 0.3) is 5.56 Å². The van der Waals surface area contributed by atoms with E-state index in [1.165, 1.54) is 0 Å². The highest BCUT2D eigenvalue weighted by atomic mass is 16.5. The van der Waals surface area contributed by atoms with Crippen LogP contribution in [-0.4, -0.2) is 48.1 Å². The quantitative estimate of drug-likeness (QED) is 0.646. The molecular weight excluding hydrogens is 358 g/mol. The monoisotopic (exact) mass is 381 g/mol. The molecule has 0 fully saturated rings. The van der Waals surface area contributed by atoms with Gasteiger partial charge in [0, 0.05) is 19.2 Å². The molecule has 3 rings (SSSR count). The van der Waals surface area contributed by atoms with Crippen LogP contribution in [0.25, 0.3) is 10.9 Å². The smallest absolute Gasteiger partial charge is 0.258 e. The van der Waals surface area contributed by atoms with Gasteiger partial charge in [-0.15, -0.1) is 0 Å². The summed E-state index contributed by atoms with van der Waals surface area (Å²) in [5.41, 5.74) is 1.19. The maximum Gasteiger partial charge on any atom is 0.258 e. The fourth-order valence-electron chi connectivity index (χ4n) is 3.01. The standard InChI is InChI=1S/C21H23N3O4/c1-27-12-11-24(20(25)13-15-7-3-6-10-18(15)28-2)14-19-22-17-9-5-4-8-16(17)21(26)23-19/h3-10H,11-14H2,1-2H3,(H,22,23,26). The third kappa shape index (κ3) is 4.55. The Kier molecular flexibility index (Phi) is 6.39.